The fourth-order valence-electron chi connectivity index (χ4n) is 3.04. The van der Waals surface area contributed by atoms with Gasteiger partial charge in [-0.3, -0.25) is 15.4 Å². The number of hydrogen-bond donors (Lipinski definition) is 3. The van der Waals surface area contributed by atoms with Gasteiger partial charge in [0, 0.05) is 21.8 Å². The first-order chi connectivity index (χ1) is 17.2. The van der Waals surface area contributed by atoms with Gasteiger partial charge in [0.05, 0.1) is 24.2 Å². The van der Waals surface area contributed by atoms with Crippen molar-refractivity contribution >= 4 is 52.2 Å². The summed E-state index contributed by atoms with van der Waals surface area (Å²) in [6.07, 6.45) is -1.21. The van der Waals surface area contributed by atoms with Crippen LogP contribution in [0, 0.1) is 0 Å². The van der Waals surface area contributed by atoms with Crippen molar-refractivity contribution in [1.29, 1.82) is 0 Å². The molecule has 9 nitrogen and oxygen atoms in total. The number of H-pyrrole nitrogens is 1. The van der Waals surface area contributed by atoms with Crippen LogP contribution >= 0.6 is 11.6 Å². The molecule has 0 radical (unpaired) electrons. The lowest BCUT2D eigenvalue weighted by atomic mass is 10.0. The second kappa shape index (κ2) is 12.4. The van der Waals surface area contributed by atoms with Gasteiger partial charge >= 0.3 is 12.2 Å². The van der Waals surface area contributed by atoms with Crippen molar-refractivity contribution in [3.05, 3.63) is 88.9 Å². The number of benzene rings is 3. The highest BCUT2D eigenvalue weighted by molar-refractivity contribution is 6.30. The molecule has 0 atom stereocenters. The summed E-state index contributed by atoms with van der Waals surface area (Å²) in [5.41, 5.74) is 3.11. The zero-order valence-corrected chi connectivity index (χ0v) is 20.6. The molecule has 0 bridgehead atoms. The molecule has 3 aromatic carbocycles. The molecule has 0 saturated carbocycles. The van der Waals surface area contributed by atoms with Crippen LogP contribution in [-0.2, 0) is 9.47 Å². The lowest BCUT2D eigenvalue weighted by molar-refractivity contribution is 0.103. The normalized spacial score (nSPS) is 10.2. The molecule has 0 unspecified atom stereocenters. The Labute approximate surface area is 212 Å². The second-order valence-corrected chi connectivity index (χ2v) is 8.15. The number of aromatic nitrogens is 2. The number of imidazole rings is 1. The Balaban J connectivity index is 0.000000223. The number of carbonyl (C=O) groups is 3. The van der Waals surface area contributed by atoms with Gasteiger partial charge < -0.3 is 14.5 Å². The summed E-state index contributed by atoms with van der Waals surface area (Å²) < 4.78 is 9.41. The molecule has 3 N–H and O–H groups in total. The highest BCUT2D eigenvalue weighted by atomic mass is 35.5. The third kappa shape index (κ3) is 7.57. The molecule has 0 aliphatic carbocycles. The average Bonchev–Trinajstić information content (AvgIpc) is 3.25. The van der Waals surface area contributed by atoms with E-state index in [1.807, 2.05) is 18.2 Å². The largest absolute Gasteiger partial charge is 0.453 e. The van der Waals surface area contributed by atoms with E-state index in [1.165, 1.54) is 7.11 Å². The highest BCUT2D eigenvalue weighted by Crippen LogP contribution is 2.19. The summed E-state index contributed by atoms with van der Waals surface area (Å²) in [6.45, 7) is 3.58. The molecular formula is C26H25ClN4O5. The van der Waals surface area contributed by atoms with E-state index in [4.69, 9.17) is 16.3 Å². The van der Waals surface area contributed by atoms with E-state index < -0.39 is 12.2 Å². The van der Waals surface area contributed by atoms with Crippen LogP contribution in [0.25, 0.3) is 11.0 Å². The van der Waals surface area contributed by atoms with Gasteiger partial charge in [0.1, 0.15) is 0 Å². The minimum Gasteiger partial charge on any atom is -0.453 e. The van der Waals surface area contributed by atoms with Gasteiger partial charge in [-0.1, -0.05) is 48.0 Å². The summed E-state index contributed by atoms with van der Waals surface area (Å²) in [5.74, 6) is 0.200. The number of methoxy groups -OCH3 is 1. The van der Waals surface area contributed by atoms with Gasteiger partial charge in [-0.25, -0.2) is 14.6 Å². The third-order valence-corrected chi connectivity index (χ3v) is 4.83. The third-order valence-electron chi connectivity index (χ3n) is 4.60. The molecule has 4 aromatic rings. The SMILES string of the molecule is CC(C)OC(=O)Nc1cccc(Cl)c1.COC(=O)Nc1nc2ccc(C(=O)c3ccccc3)cc2[nH]1. The molecule has 1 aromatic heterocycles. The second-order valence-electron chi connectivity index (χ2n) is 7.72. The lowest BCUT2D eigenvalue weighted by Gasteiger charge is -2.09. The van der Waals surface area contributed by atoms with E-state index >= 15 is 0 Å². The van der Waals surface area contributed by atoms with Crippen LogP contribution in [0.15, 0.2) is 72.8 Å². The number of ketones is 1. The van der Waals surface area contributed by atoms with Crippen LogP contribution in [0.4, 0.5) is 21.2 Å². The zero-order valence-electron chi connectivity index (χ0n) is 19.9. The summed E-state index contributed by atoms with van der Waals surface area (Å²) in [4.78, 5) is 41.9. The van der Waals surface area contributed by atoms with Crippen molar-refractivity contribution in [3.8, 4) is 0 Å². The van der Waals surface area contributed by atoms with Crippen LogP contribution in [0.2, 0.25) is 5.02 Å². The number of nitrogens with one attached hydrogen (secondary N) is 3. The maximum atomic E-state index is 12.4. The summed E-state index contributed by atoms with van der Waals surface area (Å²) >= 11 is 5.74. The van der Waals surface area contributed by atoms with E-state index in [0.29, 0.717) is 32.9 Å². The van der Waals surface area contributed by atoms with E-state index in [1.54, 1.807) is 68.4 Å². The fourth-order valence-corrected chi connectivity index (χ4v) is 3.23. The number of carbonyl (C=O) groups excluding carboxylic acids is 3. The molecule has 36 heavy (non-hydrogen) atoms. The van der Waals surface area contributed by atoms with Crippen LogP contribution < -0.4 is 10.6 Å². The van der Waals surface area contributed by atoms with Crippen LogP contribution in [0.3, 0.4) is 0 Å². The Hall–Kier alpha value is -4.37. The van der Waals surface area contributed by atoms with Gasteiger partial charge in [-0.15, -0.1) is 0 Å². The molecule has 0 saturated heterocycles. The summed E-state index contributed by atoms with van der Waals surface area (Å²) in [6, 6.07) is 21.1. The zero-order chi connectivity index (χ0) is 26.1. The number of hydrogen-bond acceptors (Lipinski definition) is 6. The number of amides is 2. The minimum atomic E-state index is -0.611. The smallest absolute Gasteiger partial charge is 0.413 e. The summed E-state index contributed by atoms with van der Waals surface area (Å²) in [7, 11) is 1.27. The maximum absolute atomic E-state index is 12.4. The first kappa shape index (κ1) is 26.2. The molecule has 10 heteroatoms. The Morgan fingerprint density at radius 3 is 2.31 bits per heavy atom. The molecule has 0 aliphatic rings. The highest BCUT2D eigenvalue weighted by Gasteiger charge is 2.12. The molecule has 0 fully saturated rings. The van der Waals surface area contributed by atoms with E-state index in [0.717, 1.165) is 0 Å². The monoisotopic (exact) mass is 508 g/mol. The number of ether oxygens (including phenoxy) is 2. The topological polar surface area (TPSA) is 122 Å². The number of aromatic amines is 1. The Morgan fingerprint density at radius 2 is 1.64 bits per heavy atom. The number of anilines is 2. The van der Waals surface area contributed by atoms with E-state index in [2.05, 4.69) is 25.3 Å². The molecule has 4 rings (SSSR count). The van der Waals surface area contributed by atoms with Gasteiger partial charge in [0.15, 0.2) is 5.78 Å². The molecule has 186 valence electrons. The van der Waals surface area contributed by atoms with Gasteiger partial charge in [0.2, 0.25) is 5.95 Å². The van der Waals surface area contributed by atoms with Crippen molar-refractivity contribution < 1.29 is 23.9 Å². The lowest BCUT2D eigenvalue weighted by Crippen LogP contribution is -2.17. The standard InChI is InChI=1S/C16H13N3O3.C10H12ClNO2/c1-22-16(21)19-15-17-12-8-7-11(9-13(12)18-15)14(20)10-5-3-2-4-6-10;1-7(2)14-10(13)12-9-5-3-4-8(11)6-9/h2-9H,1H3,(H2,17,18,19,21);3-7H,1-2H3,(H,12,13). The molecule has 2 amide bonds. The van der Waals surface area contributed by atoms with Crippen LogP contribution in [-0.4, -0.2) is 41.2 Å². The number of fused-ring (bicyclic) bond motifs is 1. The molecular weight excluding hydrogens is 484 g/mol. The Morgan fingerprint density at radius 1 is 0.889 bits per heavy atom. The predicted octanol–water partition coefficient (Wildman–Crippen LogP) is 6.27. The first-order valence-electron chi connectivity index (χ1n) is 10.9. The molecule has 1 heterocycles. The maximum Gasteiger partial charge on any atom is 0.413 e. The predicted molar refractivity (Wildman–Crippen MR) is 139 cm³/mol. The minimum absolute atomic E-state index is 0.0698. The Kier molecular flexibility index (Phi) is 9.01. The quantitative estimate of drug-likeness (QED) is 0.273. The van der Waals surface area contributed by atoms with Gasteiger partial charge in [-0.05, 0) is 50.2 Å². The average molecular weight is 509 g/mol. The number of nitrogens with zero attached hydrogens (tertiary/aromatic N) is 1. The van der Waals surface area contributed by atoms with E-state index in [9.17, 15) is 14.4 Å². The van der Waals surface area contributed by atoms with Crippen LogP contribution in [0.5, 0.6) is 0 Å². The van der Waals surface area contributed by atoms with E-state index in [-0.39, 0.29) is 17.8 Å². The van der Waals surface area contributed by atoms with Crippen molar-refractivity contribution in [1.82, 2.24) is 9.97 Å². The first-order valence-corrected chi connectivity index (χ1v) is 11.3. The van der Waals surface area contributed by atoms with Crippen molar-refractivity contribution in [2.75, 3.05) is 17.7 Å². The molecule has 0 spiro atoms. The fraction of sp³-hybridized carbons (Fsp3) is 0.154. The van der Waals surface area contributed by atoms with Crippen molar-refractivity contribution in [3.63, 3.8) is 0 Å². The Bertz CT molecular complexity index is 1350. The van der Waals surface area contributed by atoms with Crippen molar-refractivity contribution in [2.45, 2.75) is 20.0 Å². The van der Waals surface area contributed by atoms with Gasteiger partial charge in [0.25, 0.3) is 0 Å². The van der Waals surface area contributed by atoms with Gasteiger partial charge in [-0.2, -0.15) is 0 Å². The number of halogens is 1. The number of rotatable bonds is 5. The summed E-state index contributed by atoms with van der Waals surface area (Å²) in [5, 5.41) is 5.59. The van der Waals surface area contributed by atoms with Crippen LogP contribution in [0.1, 0.15) is 29.8 Å². The van der Waals surface area contributed by atoms with Crippen molar-refractivity contribution in [2.24, 2.45) is 0 Å². The molecule has 0 aliphatic heterocycles.